The maximum Gasteiger partial charge on any atom is 0.311 e. The number of nitro benzene ring substituents is 1. The summed E-state index contributed by atoms with van der Waals surface area (Å²) in [7, 11) is 0. The van der Waals surface area contributed by atoms with Crippen molar-refractivity contribution in [3.63, 3.8) is 0 Å². The highest BCUT2D eigenvalue weighted by molar-refractivity contribution is 9.10. The molecule has 6 heteroatoms. The number of nitrogens with zero attached hydrogens (tertiary/aromatic N) is 1. The van der Waals surface area contributed by atoms with Crippen LogP contribution >= 0.6 is 15.9 Å². The second-order valence-electron chi connectivity index (χ2n) is 4.80. The van der Waals surface area contributed by atoms with Gasteiger partial charge in [0.05, 0.1) is 4.92 Å². The molecule has 0 saturated carbocycles. The first kappa shape index (κ1) is 15.5. The molecule has 0 spiro atoms. The van der Waals surface area contributed by atoms with E-state index in [4.69, 9.17) is 10.5 Å². The number of hydrogen-bond acceptors (Lipinski definition) is 4. The summed E-state index contributed by atoms with van der Waals surface area (Å²) in [5.74, 6) is 0.716. The van der Waals surface area contributed by atoms with Crippen LogP contribution in [0.25, 0.3) is 0 Å². The van der Waals surface area contributed by atoms with E-state index in [2.05, 4.69) is 15.9 Å². The molecule has 2 N–H and O–H groups in total. The molecule has 2 aromatic rings. The number of rotatable bonds is 4. The van der Waals surface area contributed by atoms with Crippen molar-refractivity contribution in [2.24, 2.45) is 5.73 Å². The highest BCUT2D eigenvalue weighted by atomic mass is 79.9. The summed E-state index contributed by atoms with van der Waals surface area (Å²) in [6, 6.07) is 9.97. The number of aryl methyl sites for hydroxylation is 1. The van der Waals surface area contributed by atoms with E-state index in [0.29, 0.717) is 5.75 Å². The van der Waals surface area contributed by atoms with Crippen molar-refractivity contribution in [1.29, 1.82) is 0 Å². The lowest BCUT2D eigenvalue weighted by Crippen LogP contribution is -2.07. The molecular weight excluding hydrogens is 336 g/mol. The van der Waals surface area contributed by atoms with Crippen LogP contribution in [0.3, 0.4) is 0 Å². The number of benzene rings is 2. The van der Waals surface area contributed by atoms with Gasteiger partial charge in [-0.3, -0.25) is 10.1 Å². The van der Waals surface area contributed by atoms with Crippen molar-refractivity contribution in [2.45, 2.75) is 19.9 Å². The molecule has 5 nitrogen and oxygen atoms in total. The molecule has 1 unspecified atom stereocenters. The number of hydrogen-bond donors (Lipinski definition) is 1. The minimum absolute atomic E-state index is 0.0730. The van der Waals surface area contributed by atoms with E-state index in [1.54, 1.807) is 18.2 Å². The van der Waals surface area contributed by atoms with Crippen LogP contribution in [0.1, 0.15) is 24.1 Å². The standard InChI is InChI=1S/C15H15BrN2O3/c1-9-3-6-13(18(19)20)15(7-9)21-14-8-11(16)4-5-12(14)10(2)17/h3-8,10H,17H2,1-2H3. The minimum Gasteiger partial charge on any atom is -0.450 e. The number of halogens is 1. The van der Waals surface area contributed by atoms with E-state index >= 15 is 0 Å². The highest BCUT2D eigenvalue weighted by Gasteiger charge is 2.18. The Kier molecular flexibility index (Phi) is 4.59. The van der Waals surface area contributed by atoms with Crippen molar-refractivity contribution < 1.29 is 9.66 Å². The van der Waals surface area contributed by atoms with E-state index in [9.17, 15) is 10.1 Å². The fourth-order valence-electron chi connectivity index (χ4n) is 1.95. The van der Waals surface area contributed by atoms with Gasteiger partial charge in [-0.05, 0) is 37.6 Å². The van der Waals surface area contributed by atoms with Crippen LogP contribution in [-0.2, 0) is 0 Å². The van der Waals surface area contributed by atoms with Crippen LogP contribution in [0.5, 0.6) is 11.5 Å². The largest absolute Gasteiger partial charge is 0.450 e. The topological polar surface area (TPSA) is 78.4 Å². The molecule has 1 atom stereocenters. The van der Waals surface area contributed by atoms with Gasteiger partial charge in [-0.25, -0.2) is 0 Å². The van der Waals surface area contributed by atoms with Crippen LogP contribution < -0.4 is 10.5 Å². The fraction of sp³-hybridized carbons (Fsp3) is 0.200. The lowest BCUT2D eigenvalue weighted by Gasteiger charge is -2.14. The third kappa shape index (κ3) is 3.59. The minimum atomic E-state index is -0.460. The molecule has 0 aliphatic carbocycles. The van der Waals surface area contributed by atoms with Crippen molar-refractivity contribution in [3.8, 4) is 11.5 Å². The summed E-state index contributed by atoms with van der Waals surface area (Å²) in [6.45, 7) is 3.69. The lowest BCUT2D eigenvalue weighted by atomic mass is 10.1. The Labute approximate surface area is 131 Å². The quantitative estimate of drug-likeness (QED) is 0.651. The molecule has 0 saturated heterocycles. The van der Waals surface area contributed by atoms with E-state index in [0.717, 1.165) is 15.6 Å². The van der Waals surface area contributed by atoms with E-state index in [-0.39, 0.29) is 17.5 Å². The predicted molar refractivity (Wildman–Crippen MR) is 84.7 cm³/mol. The van der Waals surface area contributed by atoms with Crippen molar-refractivity contribution >= 4 is 21.6 Å². The van der Waals surface area contributed by atoms with Gasteiger partial charge in [-0.1, -0.05) is 28.1 Å². The second kappa shape index (κ2) is 6.24. The van der Waals surface area contributed by atoms with Crippen LogP contribution in [0.2, 0.25) is 0 Å². The van der Waals surface area contributed by atoms with Gasteiger partial charge in [-0.15, -0.1) is 0 Å². The lowest BCUT2D eigenvalue weighted by molar-refractivity contribution is -0.385. The van der Waals surface area contributed by atoms with Gasteiger partial charge < -0.3 is 10.5 Å². The van der Waals surface area contributed by atoms with Gasteiger partial charge >= 0.3 is 5.69 Å². The zero-order valence-electron chi connectivity index (χ0n) is 11.7. The first-order valence-electron chi connectivity index (χ1n) is 6.36. The molecule has 2 rings (SSSR count). The summed E-state index contributed by atoms with van der Waals surface area (Å²) in [6.07, 6.45) is 0. The maximum atomic E-state index is 11.1. The van der Waals surface area contributed by atoms with Gasteiger partial charge in [0.2, 0.25) is 5.75 Å². The predicted octanol–water partition coefficient (Wildman–Crippen LogP) is 4.48. The summed E-state index contributed by atoms with van der Waals surface area (Å²) >= 11 is 3.37. The van der Waals surface area contributed by atoms with Gasteiger partial charge in [0.25, 0.3) is 0 Å². The number of ether oxygens (including phenoxy) is 1. The third-order valence-corrected chi connectivity index (χ3v) is 3.49. The molecule has 0 amide bonds. The molecule has 0 aliphatic rings. The number of nitrogens with two attached hydrogens (primary N) is 1. The smallest absolute Gasteiger partial charge is 0.311 e. The third-order valence-electron chi connectivity index (χ3n) is 3.00. The zero-order chi connectivity index (χ0) is 15.6. The first-order valence-corrected chi connectivity index (χ1v) is 7.15. The summed E-state index contributed by atoms with van der Waals surface area (Å²) in [5.41, 5.74) is 7.51. The molecule has 0 heterocycles. The van der Waals surface area contributed by atoms with Crippen molar-refractivity contribution in [3.05, 3.63) is 62.1 Å². The molecule has 0 aromatic heterocycles. The normalized spacial score (nSPS) is 12.0. The molecule has 0 bridgehead atoms. The van der Waals surface area contributed by atoms with Gasteiger partial charge in [0.1, 0.15) is 5.75 Å². The van der Waals surface area contributed by atoms with Crippen LogP contribution in [0, 0.1) is 17.0 Å². The zero-order valence-corrected chi connectivity index (χ0v) is 13.3. The van der Waals surface area contributed by atoms with E-state index < -0.39 is 4.92 Å². The average Bonchev–Trinajstić information content (AvgIpc) is 2.38. The molecule has 0 aliphatic heterocycles. The second-order valence-corrected chi connectivity index (χ2v) is 5.72. The molecule has 2 aromatic carbocycles. The Morgan fingerprint density at radius 1 is 1.24 bits per heavy atom. The molecule has 21 heavy (non-hydrogen) atoms. The van der Waals surface area contributed by atoms with Crippen molar-refractivity contribution in [1.82, 2.24) is 0 Å². The molecule has 0 fully saturated rings. The molecule has 110 valence electrons. The molecule has 0 radical (unpaired) electrons. The summed E-state index contributed by atoms with van der Waals surface area (Å²) < 4.78 is 6.59. The Bertz CT molecular complexity index is 687. The van der Waals surface area contributed by atoms with Crippen LogP contribution in [0.4, 0.5) is 5.69 Å². The van der Waals surface area contributed by atoms with Crippen LogP contribution in [-0.4, -0.2) is 4.92 Å². The van der Waals surface area contributed by atoms with E-state index in [1.807, 2.05) is 26.0 Å². The highest BCUT2D eigenvalue weighted by Crippen LogP contribution is 2.36. The monoisotopic (exact) mass is 350 g/mol. The van der Waals surface area contributed by atoms with Gasteiger partial charge in [-0.2, -0.15) is 0 Å². The fourth-order valence-corrected chi connectivity index (χ4v) is 2.29. The Balaban J connectivity index is 2.49. The van der Waals surface area contributed by atoms with Gasteiger partial charge in [0.15, 0.2) is 0 Å². The Morgan fingerprint density at radius 2 is 1.95 bits per heavy atom. The first-order chi connectivity index (χ1) is 9.88. The Morgan fingerprint density at radius 3 is 2.57 bits per heavy atom. The van der Waals surface area contributed by atoms with Crippen molar-refractivity contribution in [2.75, 3.05) is 0 Å². The molecular formula is C15H15BrN2O3. The summed E-state index contributed by atoms with van der Waals surface area (Å²) in [5, 5.41) is 11.1. The Hall–Kier alpha value is -1.92. The van der Waals surface area contributed by atoms with Gasteiger partial charge in [0, 0.05) is 22.1 Å². The van der Waals surface area contributed by atoms with E-state index in [1.165, 1.54) is 6.07 Å². The SMILES string of the molecule is Cc1ccc([N+](=O)[O-])c(Oc2cc(Br)ccc2C(C)N)c1. The van der Waals surface area contributed by atoms with Crippen LogP contribution in [0.15, 0.2) is 40.9 Å². The average molecular weight is 351 g/mol. The maximum absolute atomic E-state index is 11.1. The summed E-state index contributed by atoms with van der Waals surface area (Å²) in [4.78, 5) is 10.6. The number of nitro groups is 1.